The van der Waals surface area contributed by atoms with E-state index < -0.39 is 28.5 Å². The Morgan fingerprint density at radius 2 is 1.61 bits per heavy atom. The second-order valence-electron chi connectivity index (χ2n) is 9.57. The molecule has 0 saturated heterocycles. The number of nitrogens with one attached hydrogen (secondary N) is 1. The van der Waals surface area contributed by atoms with Gasteiger partial charge < -0.3 is 10.2 Å². The molecule has 1 atom stereocenters. The summed E-state index contributed by atoms with van der Waals surface area (Å²) in [5.74, 6) is -0.807. The fraction of sp³-hybridized carbons (Fsp3) is 0.310. The Morgan fingerprint density at radius 3 is 2.21 bits per heavy atom. The van der Waals surface area contributed by atoms with E-state index >= 15 is 0 Å². The van der Waals surface area contributed by atoms with E-state index in [4.69, 9.17) is 11.6 Å². The van der Waals surface area contributed by atoms with E-state index in [9.17, 15) is 18.0 Å². The number of amides is 2. The Hall–Kier alpha value is -3.36. The highest BCUT2D eigenvalue weighted by Gasteiger charge is 2.33. The molecule has 0 fully saturated rings. The molecule has 3 aromatic carbocycles. The van der Waals surface area contributed by atoms with E-state index in [1.165, 1.54) is 11.0 Å². The summed E-state index contributed by atoms with van der Waals surface area (Å²) < 4.78 is 26.6. The van der Waals surface area contributed by atoms with Crippen LogP contribution in [0, 0.1) is 6.92 Å². The zero-order chi connectivity index (χ0) is 27.9. The lowest BCUT2D eigenvalue weighted by Crippen LogP contribution is -2.54. The minimum atomic E-state index is -3.84. The van der Waals surface area contributed by atoms with Gasteiger partial charge in [0, 0.05) is 24.0 Å². The number of aryl methyl sites for hydroxylation is 1. The number of hydrogen-bond donors (Lipinski definition) is 1. The summed E-state index contributed by atoms with van der Waals surface area (Å²) in [5.41, 5.74) is 2.98. The summed E-state index contributed by atoms with van der Waals surface area (Å²) in [6.45, 7) is 5.31. The number of nitrogens with zero attached hydrogens (tertiary/aromatic N) is 2. The highest BCUT2D eigenvalue weighted by molar-refractivity contribution is 7.92. The van der Waals surface area contributed by atoms with Crippen molar-refractivity contribution in [1.82, 2.24) is 10.2 Å². The highest BCUT2D eigenvalue weighted by Crippen LogP contribution is 2.23. The van der Waals surface area contributed by atoms with Crippen LogP contribution in [0.2, 0.25) is 5.02 Å². The van der Waals surface area contributed by atoms with Gasteiger partial charge >= 0.3 is 0 Å². The van der Waals surface area contributed by atoms with Gasteiger partial charge in [-0.2, -0.15) is 0 Å². The molecule has 3 aromatic rings. The minimum absolute atomic E-state index is 0.141. The van der Waals surface area contributed by atoms with Gasteiger partial charge in [-0.3, -0.25) is 13.9 Å². The maximum absolute atomic E-state index is 14.0. The van der Waals surface area contributed by atoms with Gasteiger partial charge in [0.15, 0.2) is 0 Å². The van der Waals surface area contributed by atoms with Crippen molar-refractivity contribution in [1.29, 1.82) is 0 Å². The summed E-state index contributed by atoms with van der Waals surface area (Å²) in [4.78, 5) is 29.0. The monoisotopic (exact) mass is 555 g/mol. The molecule has 0 aliphatic heterocycles. The van der Waals surface area contributed by atoms with E-state index in [0.29, 0.717) is 5.02 Å². The minimum Gasteiger partial charge on any atom is -0.352 e. The molecule has 38 heavy (non-hydrogen) atoms. The lowest BCUT2D eigenvalue weighted by Gasteiger charge is -2.34. The van der Waals surface area contributed by atoms with Crippen LogP contribution in [-0.2, 0) is 32.6 Å². The van der Waals surface area contributed by atoms with Crippen molar-refractivity contribution in [2.75, 3.05) is 17.1 Å². The second kappa shape index (κ2) is 12.9. The highest BCUT2D eigenvalue weighted by atomic mass is 35.5. The molecule has 7 nitrogen and oxygen atoms in total. The Labute approximate surface area is 230 Å². The smallest absolute Gasteiger partial charge is 0.244 e. The molecule has 3 rings (SSSR count). The van der Waals surface area contributed by atoms with Gasteiger partial charge in [0.1, 0.15) is 12.6 Å². The molecule has 0 aromatic heterocycles. The lowest BCUT2D eigenvalue weighted by molar-refractivity contribution is -0.140. The predicted octanol–water partition coefficient (Wildman–Crippen LogP) is 4.58. The molecular formula is C29H34ClN3O4S. The molecule has 202 valence electrons. The van der Waals surface area contributed by atoms with Crippen LogP contribution in [0.5, 0.6) is 0 Å². The third-order valence-corrected chi connectivity index (χ3v) is 7.46. The second-order valence-corrected chi connectivity index (χ2v) is 11.9. The predicted molar refractivity (Wildman–Crippen MR) is 153 cm³/mol. The van der Waals surface area contributed by atoms with Crippen LogP contribution in [0.4, 0.5) is 5.69 Å². The van der Waals surface area contributed by atoms with Crippen molar-refractivity contribution in [2.45, 2.75) is 45.8 Å². The largest absolute Gasteiger partial charge is 0.352 e. The van der Waals surface area contributed by atoms with Crippen molar-refractivity contribution >= 4 is 39.1 Å². The third kappa shape index (κ3) is 8.07. The van der Waals surface area contributed by atoms with Crippen LogP contribution < -0.4 is 9.62 Å². The van der Waals surface area contributed by atoms with Crippen molar-refractivity contribution in [2.24, 2.45) is 0 Å². The van der Waals surface area contributed by atoms with Crippen molar-refractivity contribution in [3.8, 4) is 0 Å². The Balaban J connectivity index is 2.07. The fourth-order valence-electron chi connectivity index (χ4n) is 4.15. The number of carbonyl (C=O) groups excluding carboxylic acids is 2. The summed E-state index contributed by atoms with van der Waals surface area (Å²) in [7, 11) is -3.84. The number of halogens is 1. The van der Waals surface area contributed by atoms with Gasteiger partial charge in [0.05, 0.1) is 11.9 Å². The van der Waals surface area contributed by atoms with Gasteiger partial charge in [-0.05, 0) is 55.7 Å². The van der Waals surface area contributed by atoms with E-state index in [1.54, 1.807) is 18.2 Å². The van der Waals surface area contributed by atoms with E-state index in [1.807, 2.05) is 75.4 Å². The van der Waals surface area contributed by atoms with Crippen LogP contribution in [-0.4, -0.2) is 50.0 Å². The molecule has 0 saturated carbocycles. The standard InChI is InChI=1S/C29H34ClN3O4S/c1-21(2)31-29(35)27(17-23-12-6-5-7-13-23)32(19-24-14-9-8-11-22(24)3)28(34)20-33(38(4,36)37)26-16-10-15-25(30)18-26/h5-16,18,21,27H,17,19-20H2,1-4H3,(H,31,35)/t27-/m1/s1. The van der Waals surface area contributed by atoms with Gasteiger partial charge in [-0.1, -0.05) is 72.3 Å². The molecule has 0 aliphatic carbocycles. The number of rotatable bonds is 11. The maximum Gasteiger partial charge on any atom is 0.244 e. The van der Waals surface area contributed by atoms with Crippen LogP contribution in [0.3, 0.4) is 0 Å². The van der Waals surface area contributed by atoms with Crippen molar-refractivity contribution < 1.29 is 18.0 Å². The first kappa shape index (κ1) is 29.2. The van der Waals surface area contributed by atoms with Crippen LogP contribution in [0.25, 0.3) is 0 Å². The number of carbonyl (C=O) groups is 2. The molecule has 0 spiro atoms. The quantitative estimate of drug-likeness (QED) is 0.375. The average Bonchev–Trinajstić information content (AvgIpc) is 2.85. The maximum atomic E-state index is 14.0. The number of sulfonamides is 1. The first-order valence-corrected chi connectivity index (χ1v) is 14.6. The third-order valence-electron chi connectivity index (χ3n) is 6.08. The molecular weight excluding hydrogens is 522 g/mol. The Kier molecular flexibility index (Phi) is 9.94. The molecule has 2 amide bonds. The summed E-state index contributed by atoms with van der Waals surface area (Å²) in [5, 5.41) is 3.29. The van der Waals surface area contributed by atoms with Crippen LogP contribution in [0.15, 0.2) is 78.9 Å². The molecule has 0 bridgehead atoms. The molecule has 1 N–H and O–H groups in total. The SMILES string of the molecule is Cc1ccccc1CN(C(=O)CN(c1cccc(Cl)c1)S(C)(=O)=O)[C@H](Cc1ccccc1)C(=O)NC(C)C. The molecule has 0 radical (unpaired) electrons. The normalized spacial score (nSPS) is 12.2. The fourth-order valence-corrected chi connectivity index (χ4v) is 5.18. The van der Waals surface area contributed by atoms with E-state index in [2.05, 4.69) is 5.32 Å². The van der Waals surface area contributed by atoms with Gasteiger partial charge in [0.25, 0.3) is 0 Å². The molecule has 9 heteroatoms. The van der Waals surface area contributed by atoms with Gasteiger partial charge in [-0.15, -0.1) is 0 Å². The van der Waals surface area contributed by atoms with Gasteiger partial charge in [-0.25, -0.2) is 8.42 Å². The van der Waals surface area contributed by atoms with Crippen molar-refractivity contribution in [3.63, 3.8) is 0 Å². The summed E-state index contributed by atoms with van der Waals surface area (Å²) >= 11 is 6.12. The van der Waals surface area contributed by atoms with Crippen molar-refractivity contribution in [3.05, 3.63) is 101 Å². The average molecular weight is 556 g/mol. The Morgan fingerprint density at radius 1 is 0.947 bits per heavy atom. The lowest BCUT2D eigenvalue weighted by atomic mass is 10.0. The van der Waals surface area contributed by atoms with Crippen LogP contribution in [0.1, 0.15) is 30.5 Å². The van der Waals surface area contributed by atoms with Crippen LogP contribution >= 0.6 is 11.6 Å². The topological polar surface area (TPSA) is 86.8 Å². The molecule has 0 unspecified atom stereocenters. The first-order valence-electron chi connectivity index (χ1n) is 12.4. The first-order chi connectivity index (χ1) is 18.0. The summed E-state index contributed by atoms with van der Waals surface area (Å²) in [6.07, 6.45) is 1.31. The van der Waals surface area contributed by atoms with E-state index in [-0.39, 0.29) is 30.6 Å². The Bertz CT molecular complexity index is 1360. The molecule has 0 heterocycles. The zero-order valence-corrected chi connectivity index (χ0v) is 23.7. The number of anilines is 1. The number of benzene rings is 3. The van der Waals surface area contributed by atoms with Gasteiger partial charge in [0.2, 0.25) is 21.8 Å². The molecule has 0 aliphatic rings. The zero-order valence-electron chi connectivity index (χ0n) is 22.1. The van der Waals surface area contributed by atoms with E-state index in [0.717, 1.165) is 27.3 Å². The summed E-state index contributed by atoms with van der Waals surface area (Å²) in [6, 6.07) is 22.4. The number of hydrogen-bond acceptors (Lipinski definition) is 4.